The lowest BCUT2D eigenvalue weighted by Crippen LogP contribution is -2.34. The number of halogens is 1. The molecule has 124 valence electrons. The quantitative estimate of drug-likeness (QED) is 0.803. The van der Waals surface area contributed by atoms with Gasteiger partial charge in [0, 0.05) is 19.7 Å². The number of carbonyl (C=O) groups is 1. The van der Waals surface area contributed by atoms with E-state index in [-0.39, 0.29) is 28.0 Å². The highest BCUT2D eigenvalue weighted by molar-refractivity contribution is 7.89. The molecular formula is C13H18ClNO6S. The van der Waals surface area contributed by atoms with Gasteiger partial charge in [-0.1, -0.05) is 18.5 Å². The van der Waals surface area contributed by atoms with Gasteiger partial charge in [0.2, 0.25) is 10.0 Å². The second kappa shape index (κ2) is 7.17. The van der Waals surface area contributed by atoms with Crippen LogP contribution in [0, 0.1) is 5.92 Å². The van der Waals surface area contributed by atoms with Crippen molar-refractivity contribution in [1.29, 1.82) is 0 Å². The van der Waals surface area contributed by atoms with E-state index in [4.69, 9.17) is 26.2 Å². The van der Waals surface area contributed by atoms with Gasteiger partial charge in [-0.25, -0.2) is 8.42 Å². The molecule has 0 aromatic heterocycles. The lowest BCUT2D eigenvalue weighted by molar-refractivity contribution is -0.141. The Balaban J connectivity index is 3.27. The summed E-state index contributed by atoms with van der Waals surface area (Å²) in [5, 5.41) is 9.01. The van der Waals surface area contributed by atoms with E-state index in [2.05, 4.69) is 0 Å². The maximum Gasteiger partial charge on any atom is 0.307 e. The molecule has 0 aliphatic heterocycles. The number of rotatable bonds is 7. The maximum atomic E-state index is 12.6. The largest absolute Gasteiger partial charge is 0.495 e. The van der Waals surface area contributed by atoms with Crippen molar-refractivity contribution < 1.29 is 27.8 Å². The molecule has 1 rings (SSSR count). The number of hydrogen-bond acceptors (Lipinski definition) is 5. The Labute approximate surface area is 134 Å². The van der Waals surface area contributed by atoms with Crippen LogP contribution in [-0.2, 0) is 14.8 Å². The van der Waals surface area contributed by atoms with Crippen LogP contribution in [0.1, 0.15) is 6.92 Å². The summed E-state index contributed by atoms with van der Waals surface area (Å²) >= 11 is 5.97. The van der Waals surface area contributed by atoms with Gasteiger partial charge in [0.1, 0.15) is 16.4 Å². The number of ether oxygens (including phenoxy) is 2. The summed E-state index contributed by atoms with van der Waals surface area (Å²) in [6, 6.07) is 2.58. The number of methoxy groups -OCH3 is 2. The summed E-state index contributed by atoms with van der Waals surface area (Å²) in [4.78, 5) is 10.7. The predicted molar refractivity (Wildman–Crippen MR) is 81.2 cm³/mol. The molecule has 1 aromatic carbocycles. The van der Waals surface area contributed by atoms with Gasteiger partial charge in [-0.2, -0.15) is 4.31 Å². The first-order valence-corrected chi connectivity index (χ1v) is 8.07. The highest BCUT2D eigenvalue weighted by Gasteiger charge is 2.29. The predicted octanol–water partition coefficient (Wildman–Crippen LogP) is 1.70. The van der Waals surface area contributed by atoms with Gasteiger partial charge in [-0.15, -0.1) is 0 Å². The van der Waals surface area contributed by atoms with E-state index in [1.54, 1.807) is 0 Å². The highest BCUT2D eigenvalue weighted by atomic mass is 35.5. The van der Waals surface area contributed by atoms with E-state index in [9.17, 15) is 13.2 Å². The van der Waals surface area contributed by atoms with Gasteiger partial charge in [-0.05, 0) is 6.07 Å². The summed E-state index contributed by atoms with van der Waals surface area (Å²) in [6.45, 7) is 1.25. The fourth-order valence-electron chi connectivity index (χ4n) is 1.76. The van der Waals surface area contributed by atoms with E-state index in [1.165, 1.54) is 40.3 Å². The van der Waals surface area contributed by atoms with Crippen LogP contribution in [0.3, 0.4) is 0 Å². The molecule has 0 heterocycles. The van der Waals surface area contributed by atoms with Crippen molar-refractivity contribution in [3.63, 3.8) is 0 Å². The van der Waals surface area contributed by atoms with E-state index in [0.29, 0.717) is 0 Å². The van der Waals surface area contributed by atoms with Crippen molar-refractivity contribution in [2.75, 3.05) is 27.8 Å². The number of hydrogen-bond donors (Lipinski definition) is 1. The van der Waals surface area contributed by atoms with Gasteiger partial charge in [0.15, 0.2) is 0 Å². The van der Waals surface area contributed by atoms with E-state index < -0.39 is 21.9 Å². The molecule has 1 aromatic rings. The lowest BCUT2D eigenvalue weighted by atomic mass is 10.2. The Bertz CT molecular complexity index is 661. The number of aliphatic carboxylic acids is 1. The molecule has 1 atom stereocenters. The van der Waals surface area contributed by atoms with Crippen molar-refractivity contribution in [2.24, 2.45) is 5.92 Å². The molecule has 0 spiro atoms. The second-order valence-corrected chi connectivity index (χ2v) is 7.08. The normalized spacial score (nSPS) is 13.0. The second-order valence-electron chi connectivity index (χ2n) is 4.66. The van der Waals surface area contributed by atoms with Crippen LogP contribution >= 0.6 is 11.6 Å². The van der Waals surface area contributed by atoms with Crippen molar-refractivity contribution in [3.8, 4) is 11.5 Å². The summed E-state index contributed by atoms with van der Waals surface area (Å²) in [5.41, 5.74) is 0. The smallest absolute Gasteiger partial charge is 0.307 e. The molecule has 0 bridgehead atoms. The number of sulfonamides is 1. The van der Waals surface area contributed by atoms with E-state index in [0.717, 1.165) is 4.31 Å². The Morgan fingerprint density at radius 2 is 1.86 bits per heavy atom. The van der Waals surface area contributed by atoms with Crippen LogP contribution in [0.2, 0.25) is 5.02 Å². The first kappa shape index (κ1) is 18.5. The summed E-state index contributed by atoms with van der Waals surface area (Å²) in [7, 11) is 0.0645. The summed E-state index contributed by atoms with van der Waals surface area (Å²) < 4.78 is 36.2. The zero-order valence-electron chi connectivity index (χ0n) is 12.7. The van der Waals surface area contributed by atoms with Gasteiger partial charge in [-0.3, -0.25) is 4.79 Å². The molecule has 0 saturated heterocycles. The minimum absolute atomic E-state index is 0.0658. The fraction of sp³-hybridized carbons (Fsp3) is 0.462. The molecule has 9 heteroatoms. The third-order valence-corrected chi connectivity index (χ3v) is 5.22. The van der Waals surface area contributed by atoms with Crippen molar-refractivity contribution in [3.05, 3.63) is 17.2 Å². The first-order valence-electron chi connectivity index (χ1n) is 6.25. The molecule has 7 nitrogen and oxygen atoms in total. The molecular weight excluding hydrogens is 334 g/mol. The average molecular weight is 352 g/mol. The zero-order chi connectivity index (χ0) is 17.1. The Morgan fingerprint density at radius 3 is 2.32 bits per heavy atom. The van der Waals surface area contributed by atoms with Crippen LogP contribution in [0.5, 0.6) is 11.5 Å². The van der Waals surface area contributed by atoms with Gasteiger partial charge < -0.3 is 14.6 Å². The van der Waals surface area contributed by atoms with Crippen LogP contribution in [0.15, 0.2) is 17.0 Å². The number of carboxylic acids is 1. The molecule has 0 aliphatic carbocycles. The molecule has 0 radical (unpaired) electrons. The van der Waals surface area contributed by atoms with Gasteiger partial charge in [0.05, 0.1) is 25.2 Å². The zero-order valence-corrected chi connectivity index (χ0v) is 14.2. The standard InChI is InChI=1S/C13H18ClNO6S/c1-8(13(16)17)7-15(2)22(18,19)12-5-9(14)10(20-3)6-11(12)21-4/h5-6,8H,7H2,1-4H3,(H,16,17). The Morgan fingerprint density at radius 1 is 1.32 bits per heavy atom. The van der Waals surface area contributed by atoms with E-state index >= 15 is 0 Å². The van der Waals surface area contributed by atoms with Crippen LogP contribution < -0.4 is 9.47 Å². The maximum absolute atomic E-state index is 12.6. The van der Waals surface area contributed by atoms with Crippen molar-refractivity contribution >= 4 is 27.6 Å². The molecule has 1 unspecified atom stereocenters. The third-order valence-electron chi connectivity index (χ3n) is 3.08. The molecule has 0 amide bonds. The minimum atomic E-state index is -3.95. The fourth-order valence-corrected chi connectivity index (χ4v) is 3.49. The van der Waals surface area contributed by atoms with Crippen LogP contribution in [0.25, 0.3) is 0 Å². The molecule has 0 aliphatic rings. The van der Waals surface area contributed by atoms with Crippen molar-refractivity contribution in [2.45, 2.75) is 11.8 Å². The molecule has 0 fully saturated rings. The SMILES string of the molecule is COc1cc(OC)c(S(=O)(=O)N(C)CC(C)C(=O)O)cc1Cl. The number of carboxylic acid groups (broad SMARTS) is 1. The Hall–Kier alpha value is -1.51. The number of benzene rings is 1. The van der Waals surface area contributed by atoms with Gasteiger partial charge in [0.25, 0.3) is 0 Å². The summed E-state index contributed by atoms with van der Waals surface area (Å²) in [5.74, 6) is -1.59. The highest BCUT2D eigenvalue weighted by Crippen LogP contribution is 2.36. The van der Waals surface area contributed by atoms with E-state index in [1.807, 2.05) is 0 Å². The minimum Gasteiger partial charge on any atom is -0.495 e. The van der Waals surface area contributed by atoms with Crippen molar-refractivity contribution in [1.82, 2.24) is 4.31 Å². The Kier molecular flexibility index (Phi) is 6.04. The van der Waals surface area contributed by atoms with Crippen LogP contribution in [-0.4, -0.2) is 51.6 Å². The molecule has 1 N–H and O–H groups in total. The van der Waals surface area contributed by atoms with Crippen LogP contribution in [0.4, 0.5) is 0 Å². The molecule has 0 saturated carbocycles. The molecule has 22 heavy (non-hydrogen) atoms. The average Bonchev–Trinajstić information content (AvgIpc) is 2.46. The third kappa shape index (κ3) is 3.82. The lowest BCUT2D eigenvalue weighted by Gasteiger charge is -2.21. The van der Waals surface area contributed by atoms with Gasteiger partial charge >= 0.3 is 5.97 Å². The topological polar surface area (TPSA) is 93.1 Å². The monoisotopic (exact) mass is 351 g/mol. The first-order chi connectivity index (χ1) is 10.1. The number of nitrogens with zero attached hydrogens (tertiary/aromatic N) is 1. The summed E-state index contributed by atoms with van der Waals surface area (Å²) in [6.07, 6.45) is 0.